The highest BCUT2D eigenvalue weighted by Gasteiger charge is 2.17. The van der Waals surface area contributed by atoms with E-state index in [1.807, 2.05) is 6.07 Å². The predicted octanol–water partition coefficient (Wildman–Crippen LogP) is 2.71. The first-order valence-corrected chi connectivity index (χ1v) is 7.99. The molecular formula is C17H28FN3. The average Bonchev–Trinajstić information content (AvgIpc) is 2.65. The van der Waals surface area contributed by atoms with Crippen LogP contribution in [0.1, 0.15) is 25.8 Å². The number of hydrogen-bond donors (Lipinski definition) is 1. The van der Waals surface area contributed by atoms with E-state index < -0.39 is 0 Å². The van der Waals surface area contributed by atoms with E-state index in [1.54, 1.807) is 6.07 Å². The molecule has 21 heavy (non-hydrogen) atoms. The molecule has 1 aliphatic heterocycles. The second-order valence-electron chi connectivity index (χ2n) is 6.41. The Bertz CT molecular complexity index is 448. The maximum Gasteiger partial charge on any atom is 0.129 e. The second-order valence-corrected chi connectivity index (χ2v) is 6.41. The van der Waals surface area contributed by atoms with E-state index in [9.17, 15) is 4.39 Å². The monoisotopic (exact) mass is 293 g/mol. The molecule has 1 N–H and O–H groups in total. The Morgan fingerprint density at radius 3 is 2.76 bits per heavy atom. The molecule has 4 heteroatoms. The van der Waals surface area contributed by atoms with E-state index in [0.717, 1.165) is 50.4 Å². The minimum atomic E-state index is -0.0960. The Morgan fingerprint density at radius 1 is 1.19 bits per heavy atom. The zero-order valence-electron chi connectivity index (χ0n) is 13.5. The van der Waals surface area contributed by atoms with Crippen molar-refractivity contribution in [3.8, 4) is 0 Å². The van der Waals surface area contributed by atoms with E-state index in [-0.39, 0.29) is 5.82 Å². The summed E-state index contributed by atoms with van der Waals surface area (Å²) in [5, 5.41) is 3.37. The number of nitrogens with one attached hydrogen (secondary N) is 1. The van der Waals surface area contributed by atoms with Crippen LogP contribution in [0.15, 0.2) is 18.2 Å². The largest absolute Gasteiger partial charge is 0.370 e. The lowest BCUT2D eigenvalue weighted by Crippen LogP contribution is -2.30. The summed E-state index contributed by atoms with van der Waals surface area (Å²) in [7, 11) is 2.15. The van der Waals surface area contributed by atoms with Crippen molar-refractivity contribution >= 4 is 5.69 Å². The normalized spacial score (nSPS) is 17.3. The number of halogens is 1. The van der Waals surface area contributed by atoms with Gasteiger partial charge in [0.25, 0.3) is 0 Å². The van der Waals surface area contributed by atoms with Crippen LogP contribution in [-0.4, -0.2) is 44.7 Å². The van der Waals surface area contributed by atoms with Gasteiger partial charge in [-0.25, -0.2) is 4.39 Å². The lowest BCUT2D eigenvalue weighted by atomic mass is 10.1. The van der Waals surface area contributed by atoms with Gasteiger partial charge in [-0.05, 0) is 44.6 Å². The van der Waals surface area contributed by atoms with Crippen molar-refractivity contribution in [2.75, 3.05) is 44.7 Å². The standard InChI is InChI=1S/C17H28FN3/c1-14(2)12-19-13-15-16(18)6-4-7-17(15)21-9-5-8-20(3)10-11-21/h4,6-7,14,19H,5,8-13H2,1-3H3. The van der Waals surface area contributed by atoms with Crippen LogP contribution in [0.25, 0.3) is 0 Å². The zero-order valence-corrected chi connectivity index (χ0v) is 13.5. The molecular weight excluding hydrogens is 265 g/mol. The van der Waals surface area contributed by atoms with Gasteiger partial charge in [0.2, 0.25) is 0 Å². The molecule has 1 aromatic rings. The molecule has 2 rings (SSSR count). The molecule has 0 atom stereocenters. The summed E-state index contributed by atoms with van der Waals surface area (Å²) in [6.07, 6.45) is 1.13. The van der Waals surface area contributed by atoms with Gasteiger partial charge in [0.05, 0.1) is 0 Å². The number of likely N-dealkylation sites (N-methyl/N-ethyl adjacent to an activating group) is 1. The fraction of sp³-hybridized carbons (Fsp3) is 0.647. The smallest absolute Gasteiger partial charge is 0.129 e. The van der Waals surface area contributed by atoms with Crippen LogP contribution >= 0.6 is 0 Å². The van der Waals surface area contributed by atoms with Crippen molar-refractivity contribution in [1.82, 2.24) is 10.2 Å². The van der Waals surface area contributed by atoms with E-state index >= 15 is 0 Å². The van der Waals surface area contributed by atoms with E-state index in [0.29, 0.717) is 12.5 Å². The van der Waals surface area contributed by atoms with Crippen molar-refractivity contribution < 1.29 is 4.39 Å². The summed E-state index contributed by atoms with van der Waals surface area (Å²) in [6, 6.07) is 5.45. The molecule has 0 spiro atoms. The number of benzene rings is 1. The summed E-state index contributed by atoms with van der Waals surface area (Å²) < 4.78 is 14.2. The SMILES string of the molecule is CC(C)CNCc1c(F)cccc1N1CCCN(C)CC1. The van der Waals surface area contributed by atoms with Crippen LogP contribution in [0, 0.1) is 11.7 Å². The van der Waals surface area contributed by atoms with Gasteiger partial charge in [0.15, 0.2) is 0 Å². The van der Waals surface area contributed by atoms with Gasteiger partial charge in [-0.2, -0.15) is 0 Å². The maximum atomic E-state index is 14.2. The van der Waals surface area contributed by atoms with Crippen LogP contribution in [0.5, 0.6) is 0 Å². The quantitative estimate of drug-likeness (QED) is 0.900. The Kier molecular flexibility index (Phi) is 6.00. The summed E-state index contributed by atoms with van der Waals surface area (Å²) in [4.78, 5) is 4.68. The first kappa shape index (κ1) is 16.2. The molecule has 3 nitrogen and oxygen atoms in total. The maximum absolute atomic E-state index is 14.2. The van der Waals surface area contributed by atoms with Crippen LogP contribution in [0.3, 0.4) is 0 Å². The highest BCUT2D eigenvalue weighted by atomic mass is 19.1. The van der Waals surface area contributed by atoms with E-state index in [1.165, 1.54) is 0 Å². The lowest BCUT2D eigenvalue weighted by Gasteiger charge is -2.26. The molecule has 1 heterocycles. The molecule has 118 valence electrons. The average molecular weight is 293 g/mol. The van der Waals surface area contributed by atoms with Gasteiger partial charge in [-0.3, -0.25) is 0 Å². The van der Waals surface area contributed by atoms with Crippen LogP contribution in [0.4, 0.5) is 10.1 Å². The summed E-state index contributed by atoms with van der Waals surface area (Å²) >= 11 is 0. The second kappa shape index (κ2) is 7.76. The van der Waals surface area contributed by atoms with E-state index in [4.69, 9.17) is 0 Å². The van der Waals surface area contributed by atoms with Crippen LogP contribution in [0.2, 0.25) is 0 Å². The molecule has 1 aliphatic rings. The molecule has 1 fully saturated rings. The summed E-state index contributed by atoms with van der Waals surface area (Å²) in [6.45, 7) is 9.98. The van der Waals surface area contributed by atoms with Gasteiger partial charge in [0, 0.05) is 37.4 Å². The van der Waals surface area contributed by atoms with Gasteiger partial charge >= 0.3 is 0 Å². The third-order valence-corrected chi connectivity index (χ3v) is 4.01. The van der Waals surface area contributed by atoms with Crippen molar-refractivity contribution in [2.24, 2.45) is 5.92 Å². The molecule has 0 aromatic heterocycles. The van der Waals surface area contributed by atoms with Crippen molar-refractivity contribution in [2.45, 2.75) is 26.8 Å². The summed E-state index contributed by atoms with van der Waals surface area (Å²) in [5.74, 6) is 0.480. The highest BCUT2D eigenvalue weighted by molar-refractivity contribution is 5.54. The molecule has 0 saturated carbocycles. The fourth-order valence-corrected chi connectivity index (χ4v) is 2.79. The Morgan fingerprint density at radius 2 is 2.00 bits per heavy atom. The Labute approximate surface area is 128 Å². The van der Waals surface area contributed by atoms with Crippen molar-refractivity contribution in [3.05, 3.63) is 29.6 Å². The molecule has 1 saturated heterocycles. The molecule has 0 aliphatic carbocycles. The van der Waals surface area contributed by atoms with Gasteiger partial charge < -0.3 is 15.1 Å². The first-order chi connectivity index (χ1) is 10.1. The third-order valence-electron chi connectivity index (χ3n) is 4.01. The van der Waals surface area contributed by atoms with Crippen LogP contribution in [-0.2, 0) is 6.54 Å². The third kappa shape index (κ3) is 4.68. The minimum absolute atomic E-state index is 0.0960. The Balaban J connectivity index is 2.12. The number of nitrogens with zero attached hydrogens (tertiary/aromatic N) is 2. The number of rotatable bonds is 5. The lowest BCUT2D eigenvalue weighted by molar-refractivity contribution is 0.360. The molecule has 1 aromatic carbocycles. The van der Waals surface area contributed by atoms with E-state index in [2.05, 4.69) is 42.1 Å². The molecule has 0 radical (unpaired) electrons. The highest BCUT2D eigenvalue weighted by Crippen LogP contribution is 2.24. The Hall–Kier alpha value is -1.13. The summed E-state index contributed by atoms with van der Waals surface area (Å²) in [5.41, 5.74) is 1.87. The van der Waals surface area contributed by atoms with Crippen LogP contribution < -0.4 is 10.2 Å². The van der Waals surface area contributed by atoms with Gasteiger partial charge in [-0.1, -0.05) is 19.9 Å². The first-order valence-electron chi connectivity index (χ1n) is 7.99. The fourth-order valence-electron chi connectivity index (χ4n) is 2.79. The van der Waals surface area contributed by atoms with Crippen molar-refractivity contribution in [1.29, 1.82) is 0 Å². The molecule has 0 unspecified atom stereocenters. The van der Waals surface area contributed by atoms with Gasteiger partial charge in [0.1, 0.15) is 5.82 Å². The minimum Gasteiger partial charge on any atom is -0.370 e. The number of hydrogen-bond acceptors (Lipinski definition) is 3. The molecule has 0 bridgehead atoms. The zero-order chi connectivity index (χ0) is 15.2. The molecule has 0 amide bonds. The number of anilines is 1. The topological polar surface area (TPSA) is 18.5 Å². The predicted molar refractivity (Wildman–Crippen MR) is 87.3 cm³/mol. The van der Waals surface area contributed by atoms with Gasteiger partial charge in [-0.15, -0.1) is 0 Å². The van der Waals surface area contributed by atoms with Crippen molar-refractivity contribution in [3.63, 3.8) is 0 Å².